The summed E-state index contributed by atoms with van der Waals surface area (Å²) in [6.07, 6.45) is 1.36. The highest BCUT2D eigenvalue weighted by molar-refractivity contribution is 7.11. The molecule has 1 amide bonds. The SMILES string of the molecule is Cc1nc(C)c(CCC(=O)NC(C)C)s1. The molecule has 0 spiro atoms. The molecule has 0 unspecified atom stereocenters. The van der Waals surface area contributed by atoms with Crippen molar-refractivity contribution in [2.24, 2.45) is 0 Å². The molecule has 0 bridgehead atoms. The molecule has 4 heteroatoms. The number of nitrogens with one attached hydrogen (secondary N) is 1. The van der Waals surface area contributed by atoms with Crippen molar-refractivity contribution in [3.8, 4) is 0 Å². The summed E-state index contributed by atoms with van der Waals surface area (Å²) in [7, 11) is 0. The Labute approximate surface area is 94.9 Å². The van der Waals surface area contributed by atoms with Crippen LogP contribution in [0.4, 0.5) is 0 Å². The van der Waals surface area contributed by atoms with E-state index in [1.54, 1.807) is 11.3 Å². The lowest BCUT2D eigenvalue weighted by molar-refractivity contribution is -0.121. The third-order valence-electron chi connectivity index (χ3n) is 2.03. The number of amides is 1. The highest BCUT2D eigenvalue weighted by Crippen LogP contribution is 2.18. The second kappa shape index (κ2) is 5.26. The van der Waals surface area contributed by atoms with Crippen molar-refractivity contribution in [3.05, 3.63) is 15.6 Å². The van der Waals surface area contributed by atoms with Gasteiger partial charge in [0.15, 0.2) is 0 Å². The minimum absolute atomic E-state index is 0.121. The maximum Gasteiger partial charge on any atom is 0.220 e. The summed E-state index contributed by atoms with van der Waals surface area (Å²) in [4.78, 5) is 17.0. The first kappa shape index (κ1) is 12.2. The van der Waals surface area contributed by atoms with Crippen molar-refractivity contribution in [3.63, 3.8) is 0 Å². The molecule has 0 aliphatic heterocycles. The van der Waals surface area contributed by atoms with Crippen LogP contribution in [0.2, 0.25) is 0 Å². The molecule has 0 aliphatic carbocycles. The number of hydrogen-bond acceptors (Lipinski definition) is 3. The molecule has 1 heterocycles. The number of carbonyl (C=O) groups excluding carboxylic acids is 1. The zero-order chi connectivity index (χ0) is 11.4. The molecule has 84 valence electrons. The fourth-order valence-electron chi connectivity index (χ4n) is 1.43. The van der Waals surface area contributed by atoms with E-state index in [1.165, 1.54) is 4.88 Å². The van der Waals surface area contributed by atoms with E-state index in [0.717, 1.165) is 17.1 Å². The van der Waals surface area contributed by atoms with Crippen LogP contribution >= 0.6 is 11.3 Å². The minimum Gasteiger partial charge on any atom is -0.354 e. The Morgan fingerprint density at radius 3 is 2.60 bits per heavy atom. The van der Waals surface area contributed by atoms with E-state index >= 15 is 0 Å². The first-order chi connectivity index (χ1) is 6.99. The summed E-state index contributed by atoms with van der Waals surface area (Å²) < 4.78 is 0. The Bertz CT molecular complexity index is 344. The first-order valence-corrected chi connectivity index (χ1v) is 6.03. The molecule has 3 nitrogen and oxygen atoms in total. The fraction of sp³-hybridized carbons (Fsp3) is 0.636. The van der Waals surface area contributed by atoms with E-state index in [-0.39, 0.29) is 11.9 Å². The Morgan fingerprint density at radius 1 is 1.47 bits per heavy atom. The molecule has 0 aliphatic rings. The third-order valence-corrected chi connectivity index (χ3v) is 3.16. The van der Waals surface area contributed by atoms with Gasteiger partial charge in [-0.2, -0.15) is 0 Å². The number of nitrogens with zero attached hydrogens (tertiary/aromatic N) is 1. The standard InChI is InChI=1S/C11H18N2OS/c1-7(2)12-11(14)6-5-10-8(3)13-9(4)15-10/h7H,5-6H2,1-4H3,(H,12,14). The normalized spacial score (nSPS) is 10.7. The number of rotatable bonds is 4. The molecule has 0 atom stereocenters. The van der Waals surface area contributed by atoms with Gasteiger partial charge in [0.2, 0.25) is 5.91 Å². The Kier molecular flexibility index (Phi) is 4.27. The number of carbonyl (C=O) groups is 1. The predicted molar refractivity (Wildman–Crippen MR) is 63.2 cm³/mol. The average Bonchev–Trinajstić information content (AvgIpc) is 2.40. The highest BCUT2D eigenvalue weighted by atomic mass is 32.1. The molecule has 0 saturated heterocycles. The molecule has 0 saturated carbocycles. The number of aryl methyl sites for hydroxylation is 3. The molecular formula is C11H18N2OS. The van der Waals surface area contributed by atoms with Crippen LogP contribution in [-0.4, -0.2) is 16.9 Å². The van der Waals surface area contributed by atoms with E-state index in [4.69, 9.17) is 0 Å². The Balaban J connectivity index is 2.43. The summed E-state index contributed by atoms with van der Waals surface area (Å²) in [6, 6.07) is 0.224. The molecule has 1 aromatic rings. The fourth-order valence-corrected chi connectivity index (χ4v) is 2.36. The van der Waals surface area contributed by atoms with Gasteiger partial charge in [-0.15, -0.1) is 11.3 Å². The molecule has 0 fully saturated rings. The van der Waals surface area contributed by atoms with Crippen molar-refractivity contribution in [1.82, 2.24) is 10.3 Å². The average molecular weight is 226 g/mol. The molecule has 1 rings (SSSR count). The van der Waals surface area contributed by atoms with Gasteiger partial charge in [0, 0.05) is 17.3 Å². The smallest absolute Gasteiger partial charge is 0.220 e. The predicted octanol–water partition coefficient (Wildman–Crippen LogP) is 2.22. The summed E-state index contributed by atoms with van der Waals surface area (Å²) in [5.74, 6) is 0.121. The summed E-state index contributed by atoms with van der Waals surface area (Å²) in [6.45, 7) is 7.94. The van der Waals surface area contributed by atoms with E-state index in [1.807, 2.05) is 27.7 Å². The van der Waals surface area contributed by atoms with Gasteiger partial charge in [-0.25, -0.2) is 4.98 Å². The highest BCUT2D eigenvalue weighted by Gasteiger charge is 2.08. The van der Waals surface area contributed by atoms with Crippen molar-refractivity contribution in [2.45, 2.75) is 46.6 Å². The number of aromatic nitrogens is 1. The van der Waals surface area contributed by atoms with Crippen LogP contribution in [0.3, 0.4) is 0 Å². The second-order valence-electron chi connectivity index (χ2n) is 3.96. The molecule has 15 heavy (non-hydrogen) atoms. The van der Waals surface area contributed by atoms with Crippen molar-refractivity contribution in [2.75, 3.05) is 0 Å². The van der Waals surface area contributed by atoms with E-state index in [0.29, 0.717) is 6.42 Å². The van der Waals surface area contributed by atoms with Crippen molar-refractivity contribution in [1.29, 1.82) is 0 Å². The van der Waals surface area contributed by atoms with E-state index in [9.17, 15) is 4.79 Å². The van der Waals surface area contributed by atoms with Gasteiger partial charge < -0.3 is 5.32 Å². The maximum atomic E-state index is 11.4. The van der Waals surface area contributed by atoms with Crippen LogP contribution in [0, 0.1) is 13.8 Å². The van der Waals surface area contributed by atoms with Crippen LogP contribution in [0.1, 0.15) is 35.8 Å². The number of hydrogen-bond donors (Lipinski definition) is 1. The van der Waals surface area contributed by atoms with Crippen LogP contribution in [0.15, 0.2) is 0 Å². The summed E-state index contributed by atoms with van der Waals surface area (Å²) >= 11 is 1.68. The topological polar surface area (TPSA) is 42.0 Å². The summed E-state index contributed by atoms with van der Waals surface area (Å²) in [5.41, 5.74) is 1.06. The van der Waals surface area contributed by atoms with Crippen molar-refractivity contribution < 1.29 is 4.79 Å². The van der Waals surface area contributed by atoms with Gasteiger partial charge in [0.1, 0.15) is 0 Å². The van der Waals surface area contributed by atoms with Crippen LogP contribution < -0.4 is 5.32 Å². The van der Waals surface area contributed by atoms with Crippen LogP contribution in [-0.2, 0) is 11.2 Å². The number of thiazole rings is 1. The van der Waals surface area contributed by atoms with Gasteiger partial charge in [-0.3, -0.25) is 4.79 Å². The molecule has 1 aromatic heterocycles. The molecule has 1 N–H and O–H groups in total. The molecule has 0 aromatic carbocycles. The van der Waals surface area contributed by atoms with Crippen LogP contribution in [0.5, 0.6) is 0 Å². The van der Waals surface area contributed by atoms with Gasteiger partial charge >= 0.3 is 0 Å². The Morgan fingerprint density at radius 2 is 2.13 bits per heavy atom. The summed E-state index contributed by atoms with van der Waals surface area (Å²) in [5, 5.41) is 3.96. The maximum absolute atomic E-state index is 11.4. The second-order valence-corrected chi connectivity index (χ2v) is 5.25. The van der Waals surface area contributed by atoms with E-state index < -0.39 is 0 Å². The lowest BCUT2D eigenvalue weighted by atomic mass is 10.2. The Hall–Kier alpha value is -0.900. The third kappa shape index (κ3) is 4.00. The quantitative estimate of drug-likeness (QED) is 0.855. The van der Waals surface area contributed by atoms with Gasteiger partial charge in [0.25, 0.3) is 0 Å². The van der Waals surface area contributed by atoms with Crippen LogP contribution in [0.25, 0.3) is 0 Å². The van der Waals surface area contributed by atoms with Crippen molar-refractivity contribution >= 4 is 17.2 Å². The zero-order valence-electron chi connectivity index (χ0n) is 9.76. The van der Waals surface area contributed by atoms with Gasteiger partial charge in [-0.1, -0.05) is 0 Å². The minimum atomic E-state index is 0.121. The first-order valence-electron chi connectivity index (χ1n) is 5.21. The lowest BCUT2D eigenvalue weighted by Crippen LogP contribution is -2.30. The molecule has 0 radical (unpaired) electrons. The molecular weight excluding hydrogens is 208 g/mol. The van der Waals surface area contributed by atoms with Gasteiger partial charge in [-0.05, 0) is 34.1 Å². The van der Waals surface area contributed by atoms with Gasteiger partial charge in [0.05, 0.1) is 10.7 Å². The monoisotopic (exact) mass is 226 g/mol. The van der Waals surface area contributed by atoms with E-state index in [2.05, 4.69) is 10.3 Å². The zero-order valence-corrected chi connectivity index (χ0v) is 10.6. The largest absolute Gasteiger partial charge is 0.354 e. The lowest BCUT2D eigenvalue weighted by Gasteiger charge is -2.07.